The topological polar surface area (TPSA) is 83.4 Å². The summed E-state index contributed by atoms with van der Waals surface area (Å²) >= 11 is 0. The Morgan fingerprint density at radius 3 is 2.28 bits per heavy atom. The van der Waals surface area contributed by atoms with E-state index in [1.165, 1.54) is 10.6 Å². The number of halogens is 3. The molecule has 1 aromatic carbocycles. The molecule has 0 saturated heterocycles. The van der Waals surface area contributed by atoms with Gasteiger partial charge in [-0.3, -0.25) is 14.0 Å². The molecule has 0 amide bonds. The molecular weight excluding hydrogens is 507 g/mol. The Labute approximate surface area is 222 Å². The van der Waals surface area contributed by atoms with Crippen LogP contribution >= 0.6 is 0 Å². The van der Waals surface area contributed by atoms with Crippen LogP contribution in [0.4, 0.5) is 13.2 Å². The number of pyridine rings is 1. The lowest BCUT2D eigenvalue weighted by Crippen LogP contribution is -2.21. The van der Waals surface area contributed by atoms with E-state index < -0.39 is 11.9 Å². The van der Waals surface area contributed by atoms with Crippen LogP contribution in [0.25, 0.3) is 33.9 Å². The van der Waals surface area contributed by atoms with Gasteiger partial charge in [0.25, 0.3) is 5.56 Å². The van der Waals surface area contributed by atoms with Crippen LogP contribution in [-0.4, -0.2) is 33.9 Å². The highest BCUT2D eigenvalue weighted by molar-refractivity contribution is 5.76. The largest absolute Gasteiger partial charge is 0.434 e. The molecule has 5 rings (SSSR count). The van der Waals surface area contributed by atoms with Crippen LogP contribution in [0.2, 0.25) is 0 Å². The summed E-state index contributed by atoms with van der Waals surface area (Å²) < 4.78 is 44.9. The zero-order chi connectivity index (χ0) is 28.1. The number of hydrogen-bond donors (Lipinski definition) is 0. The quantitative estimate of drug-likeness (QED) is 0.264. The lowest BCUT2D eigenvalue weighted by atomic mass is 10.1. The molecular formula is C28H28F3N7O. The molecule has 0 aliphatic heterocycles. The lowest BCUT2D eigenvalue weighted by molar-refractivity contribution is -0.140. The number of fused-ring (bicyclic) bond motifs is 1. The summed E-state index contributed by atoms with van der Waals surface area (Å²) in [5, 5.41) is 5.15. The molecule has 0 aliphatic carbocycles. The van der Waals surface area contributed by atoms with Gasteiger partial charge in [-0.15, -0.1) is 0 Å². The maximum absolute atomic E-state index is 13.3. The summed E-state index contributed by atoms with van der Waals surface area (Å²) in [6, 6.07) is 10.1. The molecule has 202 valence electrons. The van der Waals surface area contributed by atoms with Gasteiger partial charge in [0.15, 0.2) is 11.5 Å². The minimum absolute atomic E-state index is 0.1000. The zero-order valence-electron chi connectivity index (χ0n) is 22.2. The first-order valence-corrected chi connectivity index (χ1v) is 12.6. The van der Waals surface area contributed by atoms with Gasteiger partial charge in [0.1, 0.15) is 17.2 Å². The van der Waals surface area contributed by atoms with Crippen LogP contribution in [0, 0.1) is 6.92 Å². The lowest BCUT2D eigenvalue weighted by Gasteiger charge is -2.14. The Balaban J connectivity index is 1.53. The van der Waals surface area contributed by atoms with Gasteiger partial charge in [0, 0.05) is 41.5 Å². The number of alkyl halides is 3. The molecule has 4 aromatic heterocycles. The average Bonchev–Trinajstić information content (AvgIpc) is 3.51. The van der Waals surface area contributed by atoms with Crippen molar-refractivity contribution in [1.82, 2.24) is 33.9 Å². The SMILES string of the molecule is Cc1cnn(C(C)C)c1-c1ncc2ccc(=O)n(Cc3ccc(-c4nc(C(F)(F)F)cn4C(C)C)cc3)c2n1. The third-order valence-electron chi connectivity index (χ3n) is 6.53. The van der Waals surface area contributed by atoms with E-state index in [1.54, 1.807) is 61.1 Å². The molecule has 11 heteroatoms. The van der Waals surface area contributed by atoms with Gasteiger partial charge in [-0.2, -0.15) is 18.3 Å². The number of nitrogens with zero attached hydrogens (tertiary/aromatic N) is 7. The summed E-state index contributed by atoms with van der Waals surface area (Å²) in [7, 11) is 0. The Bertz CT molecular complexity index is 1710. The van der Waals surface area contributed by atoms with Crippen molar-refractivity contribution in [2.45, 2.75) is 59.4 Å². The van der Waals surface area contributed by atoms with E-state index in [-0.39, 0.29) is 30.0 Å². The van der Waals surface area contributed by atoms with E-state index in [0.717, 1.165) is 23.0 Å². The number of rotatable bonds is 6. The molecule has 4 heterocycles. The standard InChI is InChI=1S/C28H28F3N7O/c1-16(2)36-15-22(28(29,30)31)34-26(36)20-8-6-19(7-9-20)14-37-23(39)11-10-21-13-32-25(35-27(21)37)24-18(5)12-33-38(24)17(3)4/h6-13,15-17H,14H2,1-5H3. The molecule has 0 radical (unpaired) electrons. The molecule has 0 atom stereocenters. The highest BCUT2D eigenvalue weighted by Crippen LogP contribution is 2.32. The van der Waals surface area contributed by atoms with Gasteiger partial charge in [0.05, 0.1) is 12.7 Å². The summed E-state index contributed by atoms with van der Waals surface area (Å²) in [5.74, 6) is 0.711. The van der Waals surface area contributed by atoms with E-state index in [0.29, 0.717) is 22.4 Å². The Morgan fingerprint density at radius 1 is 0.923 bits per heavy atom. The highest BCUT2D eigenvalue weighted by atomic mass is 19.4. The van der Waals surface area contributed by atoms with Crippen molar-refractivity contribution < 1.29 is 13.2 Å². The van der Waals surface area contributed by atoms with Crippen molar-refractivity contribution in [1.29, 1.82) is 0 Å². The average molecular weight is 536 g/mol. The first-order valence-electron chi connectivity index (χ1n) is 12.6. The Hall–Kier alpha value is -4.28. The second-order valence-electron chi connectivity index (χ2n) is 10.1. The fourth-order valence-electron chi connectivity index (χ4n) is 4.54. The molecule has 8 nitrogen and oxygen atoms in total. The molecule has 0 N–H and O–H groups in total. The third kappa shape index (κ3) is 4.96. The van der Waals surface area contributed by atoms with Crippen LogP contribution in [0.5, 0.6) is 0 Å². The maximum Gasteiger partial charge on any atom is 0.434 e. The monoisotopic (exact) mass is 535 g/mol. The fourth-order valence-corrected chi connectivity index (χ4v) is 4.54. The Kier molecular flexibility index (Phi) is 6.61. The number of hydrogen-bond acceptors (Lipinski definition) is 5. The second kappa shape index (κ2) is 9.79. The van der Waals surface area contributed by atoms with Gasteiger partial charge < -0.3 is 4.57 Å². The molecule has 0 unspecified atom stereocenters. The molecule has 0 spiro atoms. The highest BCUT2D eigenvalue weighted by Gasteiger charge is 2.35. The molecule has 0 fully saturated rings. The van der Waals surface area contributed by atoms with Crippen molar-refractivity contribution in [2.75, 3.05) is 0 Å². The van der Waals surface area contributed by atoms with Gasteiger partial charge in [0.2, 0.25) is 0 Å². The van der Waals surface area contributed by atoms with Crippen LogP contribution in [0.15, 0.2) is 59.8 Å². The third-order valence-corrected chi connectivity index (χ3v) is 6.53. The van der Waals surface area contributed by atoms with Crippen molar-refractivity contribution in [2.24, 2.45) is 0 Å². The van der Waals surface area contributed by atoms with Crippen LogP contribution in [-0.2, 0) is 12.7 Å². The minimum Gasteiger partial charge on any atom is -0.328 e. The van der Waals surface area contributed by atoms with Gasteiger partial charge in [-0.05, 0) is 51.8 Å². The normalized spacial score (nSPS) is 12.3. The van der Waals surface area contributed by atoms with Gasteiger partial charge in [-0.25, -0.2) is 15.0 Å². The Morgan fingerprint density at radius 2 is 1.64 bits per heavy atom. The van der Waals surface area contributed by atoms with E-state index in [1.807, 2.05) is 25.5 Å². The van der Waals surface area contributed by atoms with Crippen molar-refractivity contribution >= 4 is 11.0 Å². The van der Waals surface area contributed by atoms with E-state index >= 15 is 0 Å². The maximum atomic E-state index is 13.3. The number of aromatic nitrogens is 7. The zero-order valence-corrected chi connectivity index (χ0v) is 22.2. The minimum atomic E-state index is -4.53. The van der Waals surface area contributed by atoms with Crippen LogP contribution in [0.3, 0.4) is 0 Å². The number of imidazole rings is 1. The summed E-state index contributed by atoms with van der Waals surface area (Å²) in [5.41, 5.74) is 2.39. The molecule has 39 heavy (non-hydrogen) atoms. The summed E-state index contributed by atoms with van der Waals surface area (Å²) in [6.07, 6.45) is -0.0349. The molecule has 0 bridgehead atoms. The first kappa shape index (κ1) is 26.3. The second-order valence-corrected chi connectivity index (χ2v) is 10.1. The fraction of sp³-hybridized carbons (Fsp3) is 0.321. The van der Waals surface area contributed by atoms with E-state index in [9.17, 15) is 18.0 Å². The predicted molar refractivity (Wildman–Crippen MR) is 142 cm³/mol. The van der Waals surface area contributed by atoms with E-state index in [4.69, 9.17) is 4.98 Å². The van der Waals surface area contributed by atoms with Crippen LogP contribution in [0.1, 0.15) is 56.6 Å². The first-order chi connectivity index (χ1) is 18.4. The van der Waals surface area contributed by atoms with Gasteiger partial charge in [-0.1, -0.05) is 24.3 Å². The van der Waals surface area contributed by atoms with Crippen molar-refractivity contribution in [3.8, 4) is 22.9 Å². The van der Waals surface area contributed by atoms with Crippen molar-refractivity contribution in [3.05, 3.63) is 82.2 Å². The van der Waals surface area contributed by atoms with Crippen LogP contribution < -0.4 is 5.56 Å². The number of aryl methyl sites for hydroxylation is 1. The summed E-state index contributed by atoms with van der Waals surface area (Å²) in [6.45, 7) is 9.82. The molecule has 0 aliphatic rings. The van der Waals surface area contributed by atoms with Gasteiger partial charge >= 0.3 is 6.18 Å². The summed E-state index contributed by atoms with van der Waals surface area (Å²) in [4.78, 5) is 26.1. The smallest absolute Gasteiger partial charge is 0.328 e. The molecule has 0 saturated carbocycles. The number of benzene rings is 1. The molecule has 5 aromatic rings. The van der Waals surface area contributed by atoms with Crippen molar-refractivity contribution in [3.63, 3.8) is 0 Å². The van der Waals surface area contributed by atoms with E-state index in [2.05, 4.69) is 15.1 Å². The predicted octanol–water partition coefficient (Wildman–Crippen LogP) is 6.06.